The Bertz CT molecular complexity index is 1470. The first-order valence-corrected chi connectivity index (χ1v) is 12.2. The topological polar surface area (TPSA) is 131 Å². The normalized spacial score (nSPS) is 12.1. The molecule has 0 aliphatic rings. The molecule has 0 amide bonds. The summed E-state index contributed by atoms with van der Waals surface area (Å²) in [6, 6.07) is 13.9. The number of hydrogen-bond donors (Lipinski definition) is 2. The van der Waals surface area contributed by atoms with E-state index in [0.29, 0.717) is 0 Å². The molecule has 0 saturated carbocycles. The molecule has 1 heterocycles. The summed E-state index contributed by atoms with van der Waals surface area (Å²) in [6.07, 6.45) is 0. The Hall–Kier alpha value is -2.86. The zero-order valence-corrected chi connectivity index (χ0v) is 18.4. The third-order valence-corrected chi connectivity index (χ3v) is 7.32. The van der Waals surface area contributed by atoms with Gasteiger partial charge in [0.15, 0.2) is 5.52 Å². The summed E-state index contributed by atoms with van der Waals surface area (Å²) in [5, 5.41) is 7.77. The average Bonchev–Trinajstić information content (AvgIpc) is 3.15. The van der Waals surface area contributed by atoms with E-state index in [1.165, 1.54) is 54.6 Å². The van der Waals surface area contributed by atoms with Crippen molar-refractivity contribution in [1.29, 1.82) is 0 Å². The molecule has 31 heavy (non-hydrogen) atoms. The Kier molecular flexibility index (Phi) is 5.52. The fourth-order valence-electron chi connectivity index (χ4n) is 2.74. The second kappa shape index (κ2) is 8.00. The Balaban J connectivity index is 1.57. The Morgan fingerprint density at radius 3 is 2.06 bits per heavy atom. The molecule has 3 aromatic carbocycles. The molecule has 0 saturated heterocycles. The monoisotopic (exact) mass is 498 g/mol. The molecule has 0 fully saturated rings. The van der Waals surface area contributed by atoms with E-state index in [1.54, 1.807) is 6.07 Å². The molecular weight excluding hydrogens is 487 g/mol. The van der Waals surface area contributed by atoms with Crippen LogP contribution in [0.1, 0.15) is 0 Å². The first-order chi connectivity index (χ1) is 14.6. The van der Waals surface area contributed by atoms with Crippen LogP contribution in [0, 0.1) is 0 Å². The highest BCUT2D eigenvalue weighted by atomic mass is 35.5. The number of nitrogens with one attached hydrogen (secondary N) is 2. The van der Waals surface area contributed by atoms with Crippen LogP contribution in [-0.2, 0) is 20.0 Å². The fourth-order valence-corrected chi connectivity index (χ4v) is 5.51. The third-order valence-electron chi connectivity index (χ3n) is 4.07. The van der Waals surface area contributed by atoms with Gasteiger partial charge in [-0.2, -0.15) is 0 Å². The number of anilines is 2. The zero-order chi connectivity index (χ0) is 22.2. The summed E-state index contributed by atoms with van der Waals surface area (Å²) < 4.78 is 60.0. The van der Waals surface area contributed by atoms with E-state index in [2.05, 4.69) is 24.4 Å². The second-order valence-corrected chi connectivity index (χ2v) is 10.5. The maximum atomic E-state index is 12.7. The molecule has 0 spiro atoms. The lowest BCUT2D eigenvalue weighted by Crippen LogP contribution is -2.15. The number of nitrogens with zero attached hydrogens (tertiary/aromatic N) is 2. The zero-order valence-electron chi connectivity index (χ0n) is 15.3. The summed E-state index contributed by atoms with van der Waals surface area (Å²) >= 11 is 11.8. The highest BCUT2D eigenvalue weighted by Crippen LogP contribution is 2.26. The van der Waals surface area contributed by atoms with Crippen molar-refractivity contribution in [2.24, 2.45) is 0 Å². The van der Waals surface area contributed by atoms with Crippen LogP contribution in [0.4, 0.5) is 11.4 Å². The van der Waals surface area contributed by atoms with Crippen molar-refractivity contribution in [2.45, 2.75) is 9.79 Å². The van der Waals surface area contributed by atoms with Gasteiger partial charge < -0.3 is 0 Å². The van der Waals surface area contributed by atoms with Crippen LogP contribution in [0.25, 0.3) is 11.0 Å². The first kappa shape index (κ1) is 21.4. The van der Waals surface area contributed by atoms with Crippen molar-refractivity contribution in [1.82, 2.24) is 10.3 Å². The van der Waals surface area contributed by atoms with Crippen molar-refractivity contribution in [3.63, 3.8) is 0 Å². The minimum absolute atomic E-state index is 0.0820. The molecule has 0 atom stereocenters. The maximum absolute atomic E-state index is 12.7. The van der Waals surface area contributed by atoms with Gasteiger partial charge in [0.25, 0.3) is 20.0 Å². The molecule has 4 aromatic rings. The van der Waals surface area contributed by atoms with Gasteiger partial charge in [-0.15, -0.1) is 0 Å². The summed E-state index contributed by atoms with van der Waals surface area (Å²) in [7, 11) is -7.98. The van der Waals surface area contributed by atoms with Gasteiger partial charge >= 0.3 is 0 Å². The van der Waals surface area contributed by atoms with E-state index < -0.39 is 20.0 Å². The van der Waals surface area contributed by atoms with Gasteiger partial charge in [0, 0.05) is 15.7 Å². The Labute approximate surface area is 187 Å². The molecule has 0 aliphatic heterocycles. The number of benzene rings is 3. The number of sulfonamides is 2. The third kappa shape index (κ3) is 4.59. The van der Waals surface area contributed by atoms with Crippen LogP contribution in [-0.4, -0.2) is 27.1 Å². The molecule has 0 radical (unpaired) electrons. The van der Waals surface area contributed by atoms with E-state index in [1.807, 2.05) is 0 Å². The lowest BCUT2D eigenvalue weighted by atomic mass is 10.3. The van der Waals surface area contributed by atoms with Crippen LogP contribution >= 0.6 is 23.2 Å². The van der Waals surface area contributed by atoms with Crippen molar-refractivity contribution in [2.75, 3.05) is 9.44 Å². The molecule has 2 N–H and O–H groups in total. The molecule has 1 aromatic heterocycles. The number of aromatic nitrogens is 2. The van der Waals surface area contributed by atoms with Gasteiger partial charge in [-0.3, -0.25) is 9.44 Å². The number of rotatable bonds is 6. The van der Waals surface area contributed by atoms with E-state index in [4.69, 9.17) is 23.2 Å². The minimum Gasteiger partial charge on any atom is -0.280 e. The maximum Gasteiger partial charge on any atom is 0.264 e. The molecular formula is C18H12Cl2N4O5S2. The molecule has 0 aliphatic carbocycles. The number of halogens is 2. The SMILES string of the molecule is O=S(=O)(Nc1cc(Cl)cc(Cl)c1)c1ccc(NS(=O)(=O)c2cccc3nonc23)cc1. The first-order valence-electron chi connectivity index (χ1n) is 8.47. The largest absolute Gasteiger partial charge is 0.280 e. The van der Waals surface area contributed by atoms with Gasteiger partial charge in [0.2, 0.25) is 0 Å². The van der Waals surface area contributed by atoms with Gasteiger partial charge in [-0.25, -0.2) is 21.5 Å². The van der Waals surface area contributed by atoms with Crippen molar-refractivity contribution in [3.8, 4) is 0 Å². The van der Waals surface area contributed by atoms with Crippen molar-refractivity contribution >= 4 is 65.7 Å². The molecule has 13 heteroatoms. The molecule has 4 rings (SSSR count). The van der Waals surface area contributed by atoms with Crippen LogP contribution in [0.2, 0.25) is 10.0 Å². The van der Waals surface area contributed by atoms with Crippen molar-refractivity contribution in [3.05, 3.63) is 70.7 Å². The van der Waals surface area contributed by atoms with E-state index in [-0.39, 0.29) is 42.2 Å². The predicted molar refractivity (Wildman–Crippen MR) is 116 cm³/mol. The Morgan fingerprint density at radius 2 is 1.39 bits per heavy atom. The van der Waals surface area contributed by atoms with Crippen LogP contribution in [0.3, 0.4) is 0 Å². The highest BCUT2D eigenvalue weighted by Gasteiger charge is 2.21. The van der Waals surface area contributed by atoms with Gasteiger partial charge in [-0.1, -0.05) is 29.3 Å². The smallest absolute Gasteiger partial charge is 0.264 e. The molecule has 160 valence electrons. The van der Waals surface area contributed by atoms with Crippen LogP contribution < -0.4 is 9.44 Å². The number of hydrogen-bond acceptors (Lipinski definition) is 7. The standard InChI is InChI=1S/C18H12Cl2N4O5S2/c19-11-8-12(20)10-14(9-11)24-30(25,26)15-6-4-13(5-7-15)23-31(27,28)17-3-1-2-16-18(17)22-29-21-16/h1-10,23-24H. The summed E-state index contributed by atoms with van der Waals surface area (Å²) in [6.45, 7) is 0. The predicted octanol–water partition coefficient (Wildman–Crippen LogP) is 4.13. The fraction of sp³-hybridized carbons (Fsp3) is 0. The summed E-state index contributed by atoms with van der Waals surface area (Å²) in [4.78, 5) is -0.211. The van der Waals surface area contributed by atoms with Gasteiger partial charge in [0.05, 0.1) is 10.6 Å². The van der Waals surface area contributed by atoms with Gasteiger partial charge in [-0.05, 0) is 64.9 Å². The second-order valence-electron chi connectivity index (χ2n) is 6.28. The van der Waals surface area contributed by atoms with Crippen molar-refractivity contribution < 1.29 is 21.5 Å². The Morgan fingerprint density at radius 1 is 0.742 bits per heavy atom. The minimum atomic E-state index is -4.02. The summed E-state index contributed by atoms with van der Waals surface area (Å²) in [5.41, 5.74) is 0.713. The highest BCUT2D eigenvalue weighted by molar-refractivity contribution is 7.93. The van der Waals surface area contributed by atoms with Crippen LogP contribution in [0.5, 0.6) is 0 Å². The van der Waals surface area contributed by atoms with Crippen LogP contribution in [0.15, 0.2) is 75.1 Å². The summed E-state index contributed by atoms with van der Waals surface area (Å²) in [5.74, 6) is 0. The number of fused-ring (bicyclic) bond motifs is 1. The quantitative estimate of drug-likeness (QED) is 0.408. The lowest BCUT2D eigenvalue weighted by molar-refractivity contribution is 0.315. The lowest BCUT2D eigenvalue weighted by Gasteiger charge is -2.11. The average molecular weight is 499 g/mol. The molecule has 0 bridgehead atoms. The van der Waals surface area contributed by atoms with Gasteiger partial charge in [0.1, 0.15) is 10.4 Å². The molecule has 0 unspecified atom stereocenters. The van der Waals surface area contributed by atoms with E-state index in [0.717, 1.165) is 0 Å². The molecule has 9 nitrogen and oxygen atoms in total. The van der Waals surface area contributed by atoms with E-state index >= 15 is 0 Å². The van der Waals surface area contributed by atoms with E-state index in [9.17, 15) is 16.8 Å².